The van der Waals surface area contributed by atoms with Gasteiger partial charge in [-0.3, -0.25) is 0 Å². The Hall–Kier alpha value is -1.32. The predicted molar refractivity (Wildman–Crippen MR) is 311 cm³/mol. The van der Waals surface area contributed by atoms with E-state index >= 15 is 0 Å². The molecule has 95 heavy (non-hydrogen) atoms. The molecule has 550 valence electrons. The monoisotopic (exact) mass is 1380 g/mol. The molecule has 11 fully saturated rings. The Morgan fingerprint density at radius 2 is 0.958 bits per heavy atom. The molecule has 0 spiro atoms. The van der Waals surface area contributed by atoms with Gasteiger partial charge in [-0.15, -0.1) is 0 Å². The maximum Gasteiger partial charge on any atom is 0.187 e. The van der Waals surface area contributed by atoms with Crippen LogP contribution in [0.4, 0.5) is 0 Å². The molecule has 0 bridgehead atoms. The van der Waals surface area contributed by atoms with Crippen LogP contribution in [0.1, 0.15) is 91.9 Å². The summed E-state index contributed by atoms with van der Waals surface area (Å²) in [7, 11) is 0. The molecule has 0 radical (unpaired) electrons. The van der Waals surface area contributed by atoms with Crippen LogP contribution in [0.5, 0.6) is 0 Å². The summed E-state index contributed by atoms with van der Waals surface area (Å²) in [6.07, 6.45) is -44.8. The minimum absolute atomic E-state index is 0.105. The smallest absolute Gasteiger partial charge is 0.187 e. The van der Waals surface area contributed by atoms with E-state index in [-0.39, 0.29) is 47.2 Å². The fourth-order valence-corrected chi connectivity index (χ4v) is 18.3. The van der Waals surface area contributed by atoms with Crippen LogP contribution in [0, 0.1) is 52.3 Å². The predicted octanol–water partition coefficient (Wildman–Crippen LogP) is -7.67. The van der Waals surface area contributed by atoms with Crippen molar-refractivity contribution in [1.29, 1.82) is 0 Å². The first-order valence-electron chi connectivity index (χ1n) is 33.8. The summed E-state index contributed by atoms with van der Waals surface area (Å²) < 4.78 is 78.2. The molecule has 33 heteroatoms. The van der Waals surface area contributed by atoms with Crippen LogP contribution in [-0.4, -0.2) is 345 Å². The van der Waals surface area contributed by atoms with Gasteiger partial charge in [-0.1, -0.05) is 27.7 Å². The molecular weight excluding hydrogens is 1270 g/mol. The topological polar surface area (TPSA) is 525 Å². The van der Waals surface area contributed by atoms with Crippen LogP contribution in [0.25, 0.3) is 0 Å². The van der Waals surface area contributed by atoms with E-state index in [1.165, 1.54) is 0 Å². The highest BCUT2D eigenvalue weighted by molar-refractivity contribution is 5.15. The standard InChI is InChI=1S/C62H104O33/c1-22(20-83-54-46(78)42(74)38(70)31(15-63)86-54)7-12-62(82)23(2)36-30(95-62)14-28-26-6-5-24-13-25(8-10-60(24,3)27(26)9-11-61(28,36)4)85-57-49(81)52(93-55-45(77)37(69)29(68)21-84-55)50(35(19-67)90-57)91-59-53(44(76)40(72)33(17-65)89-59)94-58-48(80)51(41(73)34(18-66)88-58)92-56-47(79)43(75)39(71)32(16-64)87-56/h22-59,63-82H,5-21H2,1-4H3. The molecule has 33 nitrogen and oxygen atoms in total. The average molecular weight is 1380 g/mol. The van der Waals surface area contributed by atoms with Gasteiger partial charge in [-0.2, -0.15) is 0 Å². The molecule has 20 N–H and O–H groups in total. The highest BCUT2D eigenvalue weighted by atomic mass is 16.8. The van der Waals surface area contributed by atoms with Gasteiger partial charge in [-0.05, 0) is 104 Å². The van der Waals surface area contributed by atoms with Crippen molar-refractivity contribution in [3.63, 3.8) is 0 Å². The molecule has 4 aliphatic carbocycles. The molecular formula is C62H104O33. The Bertz CT molecular complexity index is 2460. The SMILES string of the molecule is CC(CCC1(O)OC2CC3C4CCC5CC(OC6OC(CO)C(OC7OC(CO)C(O)C(O)C7OC7OC(CO)C(O)C(OC8OC(CO)C(O)C(O)C8O)C7O)C(OC7OCC(O)C(O)C7O)C6O)CCC5(C)C4CCC3(C)C2C1C)COC1OC(CO)C(O)C(O)C1O. The van der Waals surface area contributed by atoms with Gasteiger partial charge in [0.15, 0.2) is 43.5 Å². The molecule has 0 aromatic rings. The molecule has 7 aliphatic heterocycles. The summed E-state index contributed by atoms with van der Waals surface area (Å²) >= 11 is 0. The van der Waals surface area contributed by atoms with E-state index in [4.69, 9.17) is 61.6 Å². The summed E-state index contributed by atoms with van der Waals surface area (Å²) in [5.74, 6) is -0.301. The Labute approximate surface area is 548 Å². The molecule has 0 aromatic carbocycles. The Kier molecular flexibility index (Phi) is 23.8. The van der Waals surface area contributed by atoms with Gasteiger partial charge in [0.1, 0.15) is 140 Å². The van der Waals surface area contributed by atoms with E-state index in [2.05, 4.69) is 20.8 Å². The first-order valence-corrected chi connectivity index (χ1v) is 33.8. The fraction of sp³-hybridized carbons (Fsp3) is 1.00. The number of hydrogen-bond acceptors (Lipinski definition) is 33. The van der Waals surface area contributed by atoms with E-state index in [0.717, 1.165) is 38.5 Å². The van der Waals surface area contributed by atoms with Crippen molar-refractivity contribution in [2.75, 3.05) is 46.2 Å². The molecule has 41 atom stereocenters. The largest absolute Gasteiger partial charge is 0.394 e. The number of fused-ring (bicyclic) bond motifs is 7. The lowest BCUT2D eigenvalue weighted by atomic mass is 9.44. The Morgan fingerprint density at radius 1 is 0.453 bits per heavy atom. The first kappa shape index (κ1) is 74.9. The van der Waals surface area contributed by atoms with Crippen molar-refractivity contribution in [2.24, 2.45) is 52.3 Å². The van der Waals surface area contributed by atoms with E-state index in [9.17, 15) is 102 Å². The zero-order valence-electron chi connectivity index (χ0n) is 53.7. The summed E-state index contributed by atoms with van der Waals surface area (Å²) in [6, 6.07) is 0. The molecule has 7 saturated heterocycles. The van der Waals surface area contributed by atoms with Crippen molar-refractivity contribution >= 4 is 0 Å². The van der Waals surface area contributed by atoms with Gasteiger partial charge < -0.3 is 164 Å². The number of aliphatic hydroxyl groups excluding tert-OH is 19. The molecule has 0 aromatic heterocycles. The summed E-state index contributed by atoms with van der Waals surface area (Å²) in [4.78, 5) is 0. The lowest BCUT2D eigenvalue weighted by Crippen LogP contribution is -2.68. The van der Waals surface area contributed by atoms with Crippen LogP contribution in [-0.2, 0) is 61.6 Å². The third-order valence-corrected chi connectivity index (χ3v) is 23.9. The second kappa shape index (κ2) is 30.2. The van der Waals surface area contributed by atoms with Crippen molar-refractivity contribution in [1.82, 2.24) is 0 Å². The van der Waals surface area contributed by atoms with Gasteiger partial charge in [0, 0.05) is 12.3 Å². The third kappa shape index (κ3) is 14.1. The first-order chi connectivity index (χ1) is 45.1. The van der Waals surface area contributed by atoms with Crippen LogP contribution in [0.2, 0.25) is 0 Å². The lowest BCUT2D eigenvalue weighted by Gasteiger charge is -2.61. The molecule has 11 aliphatic rings. The Balaban J connectivity index is 0.753. The van der Waals surface area contributed by atoms with Crippen molar-refractivity contribution in [3.05, 3.63) is 0 Å². The van der Waals surface area contributed by atoms with Crippen LogP contribution < -0.4 is 0 Å². The normalized spacial score (nSPS) is 55.3. The van der Waals surface area contributed by atoms with Gasteiger partial charge in [0.25, 0.3) is 0 Å². The quantitative estimate of drug-likeness (QED) is 0.0475. The number of aliphatic hydroxyl groups is 20. The fourth-order valence-electron chi connectivity index (χ4n) is 18.3. The Morgan fingerprint density at radius 3 is 1.60 bits per heavy atom. The van der Waals surface area contributed by atoms with Crippen molar-refractivity contribution < 1.29 is 164 Å². The maximum absolute atomic E-state index is 12.5. The minimum Gasteiger partial charge on any atom is -0.394 e. The zero-order chi connectivity index (χ0) is 68.7. The van der Waals surface area contributed by atoms with Gasteiger partial charge in [-0.25, -0.2) is 0 Å². The second-order valence-electron chi connectivity index (χ2n) is 29.4. The van der Waals surface area contributed by atoms with Gasteiger partial charge in [0.05, 0.1) is 58.5 Å². The van der Waals surface area contributed by atoms with Gasteiger partial charge in [0.2, 0.25) is 0 Å². The molecule has 4 saturated carbocycles. The van der Waals surface area contributed by atoms with E-state index in [1.807, 2.05) is 6.92 Å². The number of ether oxygens (including phenoxy) is 13. The number of hydrogen-bond donors (Lipinski definition) is 20. The van der Waals surface area contributed by atoms with Crippen molar-refractivity contribution in [2.45, 2.75) is 288 Å². The van der Waals surface area contributed by atoms with E-state index in [1.54, 1.807) is 0 Å². The van der Waals surface area contributed by atoms with Gasteiger partial charge >= 0.3 is 0 Å². The molecule has 41 unspecified atom stereocenters. The zero-order valence-corrected chi connectivity index (χ0v) is 53.7. The maximum atomic E-state index is 12.5. The molecule has 7 heterocycles. The summed E-state index contributed by atoms with van der Waals surface area (Å²) in [6.45, 7) is 4.06. The number of rotatable bonds is 21. The lowest BCUT2D eigenvalue weighted by molar-refractivity contribution is -0.406. The highest BCUT2D eigenvalue weighted by Gasteiger charge is 2.69. The van der Waals surface area contributed by atoms with Crippen LogP contribution in [0.3, 0.4) is 0 Å². The summed E-state index contributed by atoms with van der Waals surface area (Å²) in [5, 5.41) is 216. The van der Waals surface area contributed by atoms with E-state index < -0.39 is 230 Å². The van der Waals surface area contributed by atoms with E-state index in [0.29, 0.717) is 43.4 Å². The van der Waals surface area contributed by atoms with Crippen LogP contribution in [0.15, 0.2) is 0 Å². The second-order valence-corrected chi connectivity index (χ2v) is 29.4. The summed E-state index contributed by atoms with van der Waals surface area (Å²) in [5.41, 5.74) is -0.210. The van der Waals surface area contributed by atoms with Crippen molar-refractivity contribution in [3.8, 4) is 0 Å². The average Bonchev–Trinajstić information content (AvgIpc) is 1.56. The highest BCUT2D eigenvalue weighted by Crippen LogP contribution is 2.71. The minimum atomic E-state index is -2.17. The van der Waals surface area contributed by atoms with Crippen LogP contribution >= 0.6 is 0 Å². The third-order valence-electron chi connectivity index (χ3n) is 23.9. The molecule has 0 amide bonds. The molecule has 11 rings (SSSR count).